The zero-order valence-corrected chi connectivity index (χ0v) is 17.9. The monoisotopic (exact) mass is 408 g/mol. The van der Waals surface area contributed by atoms with E-state index in [0.717, 1.165) is 40.1 Å². The first-order chi connectivity index (χ1) is 15.1. The van der Waals surface area contributed by atoms with E-state index in [4.69, 9.17) is 0 Å². The van der Waals surface area contributed by atoms with E-state index in [2.05, 4.69) is 87.4 Å². The van der Waals surface area contributed by atoms with Gasteiger partial charge in [0, 0.05) is 55.1 Å². The number of nitrogens with one attached hydrogen (secondary N) is 1. The first-order valence-electron chi connectivity index (χ1n) is 10.2. The molecule has 0 atom stereocenters. The van der Waals surface area contributed by atoms with Crippen molar-refractivity contribution in [3.8, 4) is 11.1 Å². The van der Waals surface area contributed by atoms with E-state index in [1.54, 1.807) is 12.4 Å². The summed E-state index contributed by atoms with van der Waals surface area (Å²) < 4.78 is 2.14. The van der Waals surface area contributed by atoms with Gasteiger partial charge in [0.2, 0.25) is 0 Å². The Bertz CT molecular complexity index is 1390. The van der Waals surface area contributed by atoms with Crippen LogP contribution in [0.15, 0.2) is 73.4 Å². The molecule has 0 amide bonds. The molecular weight excluding hydrogens is 384 g/mol. The van der Waals surface area contributed by atoms with Crippen molar-refractivity contribution in [2.75, 3.05) is 19.4 Å². The standard InChI is InChI=1S/C25H24N6/c1-30(2)16-19-6-8-26-15-23(19)29-20-13-21(25-22(14-20)27-9-10-28-25)18-5-4-17-7-11-31(3)24(17)12-18/h4-15,29H,16H2,1-3H3. The number of benzene rings is 2. The number of rotatable bonds is 5. The summed E-state index contributed by atoms with van der Waals surface area (Å²) in [5.41, 5.74) is 8.23. The molecule has 6 nitrogen and oxygen atoms in total. The maximum absolute atomic E-state index is 4.64. The van der Waals surface area contributed by atoms with Gasteiger partial charge < -0.3 is 14.8 Å². The Morgan fingerprint density at radius 3 is 2.71 bits per heavy atom. The summed E-state index contributed by atoms with van der Waals surface area (Å²) in [5.74, 6) is 0. The lowest BCUT2D eigenvalue weighted by molar-refractivity contribution is 0.403. The minimum absolute atomic E-state index is 0.829. The topological polar surface area (TPSA) is 58.9 Å². The normalized spacial score (nSPS) is 11.5. The van der Waals surface area contributed by atoms with Crippen LogP contribution in [-0.2, 0) is 13.6 Å². The molecule has 0 unspecified atom stereocenters. The van der Waals surface area contributed by atoms with Gasteiger partial charge >= 0.3 is 0 Å². The third-order valence-corrected chi connectivity index (χ3v) is 5.45. The zero-order chi connectivity index (χ0) is 21.4. The van der Waals surface area contributed by atoms with Gasteiger partial charge in [0.15, 0.2) is 0 Å². The lowest BCUT2D eigenvalue weighted by Gasteiger charge is -2.16. The van der Waals surface area contributed by atoms with Gasteiger partial charge in [-0.25, -0.2) is 0 Å². The number of fused-ring (bicyclic) bond motifs is 2. The molecule has 5 rings (SSSR count). The van der Waals surface area contributed by atoms with Crippen molar-refractivity contribution in [2.24, 2.45) is 7.05 Å². The van der Waals surface area contributed by atoms with Crippen LogP contribution < -0.4 is 5.32 Å². The fourth-order valence-electron chi connectivity index (χ4n) is 3.97. The van der Waals surface area contributed by atoms with Crippen LogP contribution in [0, 0.1) is 0 Å². The molecule has 0 aliphatic heterocycles. The van der Waals surface area contributed by atoms with Crippen LogP contribution in [0.4, 0.5) is 11.4 Å². The largest absolute Gasteiger partial charge is 0.354 e. The lowest BCUT2D eigenvalue weighted by atomic mass is 10.0. The molecule has 0 saturated carbocycles. The molecule has 0 aliphatic carbocycles. The number of pyridine rings is 1. The number of aromatic nitrogens is 4. The van der Waals surface area contributed by atoms with Gasteiger partial charge in [-0.2, -0.15) is 0 Å². The van der Waals surface area contributed by atoms with Crippen LogP contribution in [0.5, 0.6) is 0 Å². The van der Waals surface area contributed by atoms with E-state index < -0.39 is 0 Å². The maximum Gasteiger partial charge on any atom is 0.0966 e. The third-order valence-electron chi connectivity index (χ3n) is 5.45. The highest BCUT2D eigenvalue weighted by molar-refractivity contribution is 5.97. The Labute approximate surface area is 181 Å². The summed E-state index contributed by atoms with van der Waals surface area (Å²) in [6, 6.07) is 14.9. The Morgan fingerprint density at radius 2 is 1.84 bits per heavy atom. The molecule has 3 aromatic heterocycles. The second-order valence-electron chi connectivity index (χ2n) is 8.04. The highest BCUT2D eigenvalue weighted by atomic mass is 15.1. The molecule has 0 saturated heterocycles. The second kappa shape index (κ2) is 7.81. The molecule has 0 fully saturated rings. The minimum atomic E-state index is 0.829. The predicted octanol–water partition coefficient (Wildman–Crippen LogP) is 4.99. The fraction of sp³-hybridized carbons (Fsp3) is 0.160. The van der Waals surface area contributed by atoms with Crippen LogP contribution in [0.1, 0.15) is 5.56 Å². The SMILES string of the molecule is CN(C)Cc1ccncc1Nc1cc(-c2ccc3ccn(C)c3c2)c2nccnc2c1. The van der Waals surface area contributed by atoms with Crippen molar-refractivity contribution in [3.63, 3.8) is 0 Å². The van der Waals surface area contributed by atoms with Crippen LogP contribution in [0.25, 0.3) is 33.1 Å². The van der Waals surface area contributed by atoms with Crippen molar-refractivity contribution >= 4 is 33.3 Å². The average molecular weight is 409 g/mol. The first kappa shape index (κ1) is 19.2. The molecule has 31 heavy (non-hydrogen) atoms. The Balaban J connectivity index is 1.64. The average Bonchev–Trinajstić information content (AvgIpc) is 3.14. The highest BCUT2D eigenvalue weighted by Crippen LogP contribution is 2.33. The van der Waals surface area contributed by atoms with E-state index in [1.807, 2.05) is 24.5 Å². The third kappa shape index (κ3) is 3.73. The van der Waals surface area contributed by atoms with Gasteiger partial charge in [-0.05, 0) is 60.9 Å². The van der Waals surface area contributed by atoms with Crippen LogP contribution >= 0.6 is 0 Å². The molecule has 0 spiro atoms. The van der Waals surface area contributed by atoms with Crippen LogP contribution in [0.3, 0.4) is 0 Å². The molecule has 0 radical (unpaired) electrons. The van der Waals surface area contributed by atoms with E-state index in [9.17, 15) is 0 Å². The smallest absolute Gasteiger partial charge is 0.0966 e. The molecule has 154 valence electrons. The summed E-state index contributed by atoms with van der Waals surface area (Å²) >= 11 is 0. The van der Waals surface area contributed by atoms with Gasteiger partial charge in [-0.1, -0.05) is 12.1 Å². The number of nitrogens with zero attached hydrogens (tertiary/aromatic N) is 5. The minimum Gasteiger partial charge on any atom is -0.354 e. The summed E-state index contributed by atoms with van der Waals surface area (Å²) in [4.78, 5) is 15.7. The predicted molar refractivity (Wildman–Crippen MR) is 126 cm³/mol. The number of hydrogen-bond donors (Lipinski definition) is 1. The Morgan fingerprint density at radius 1 is 0.968 bits per heavy atom. The second-order valence-corrected chi connectivity index (χ2v) is 8.04. The Hall–Kier alpha value is -3.77. The Kier molecular flexibility index (Phi) is 4.84. The number of aryl methyl sites for hydroxylation is 1. The van der Waals surface area contributed by atoms with E-state index in [0.29, 0.717) is 0 Å². The van der Waals surface area contributed by atoms with Crippen molar-refractivity contribution in [1.82, 2.24) is 24.4 Å². The van der Waals surface area contributed by atoms with E-state index in [-0.39, 0.29) is 0 Å². The highest BCUT2D eigenvalue weighted by Gasteiger charge is 2.12. The molecule has 5 aromatic rings. The zero-order valence-electron chi connectivity index (χ0n) is 17.9. The molecule has 0 bridgehead atoms. The van der Waals surface area contributed by atoms with Gasteiger partial charge in [-0.3, -0.25) is 15.0 Å². The number of hydrogen-bond acceptors (Lipinski definition) is 5. The molecule has 3 heterocycles. The van der Waals surface area contributed by atoms with Gasteiger partial charge in [0.05, 0.1) is 22.9 Å². The lowest BCUT2D eigenvalue weighted by Crippen LogP contribution is -2.12. The molecule has 2 aromatic carbocycles. The summed E-state index contributed by atoms with van der Waals surface area (Å²) in [6.45, 7) is 0.829. The van der Waals surface area contributed by atoms with E-state index in [1.165, 1.54) is 16.5 Å². The van der Waals surface area contributed by atoms with Crippen molar-refractivity contribution in [1.29, 1.82) is 0 Å². The van der Waals surface area contributed by atoms with Crippen molar-refractivity contribution < 1.29 is 0 Å². The van der Waals surface area contributed by atoms with E-state index >= 15 is 0 Å². The number of anilines is 2. The van der Waals surface area contributed by atoms with Gasteiger partial charge in [0.25, 0.3) is 0 Å². The van der Waals surface area contributed by atoms with Crippen molar-refractivity contribution in [3.05, 3.63) is 79.0 Å². The van der Waals surface area contributed by atoms with Gasteiger partial charge in [0.1, 0.15) is 0 Å². The molecular formula is C25H24N6. The summed E-state index contributed by atoms with van der Waals surface area (Å²) in [7, 11) is 6.19. The quantitative estimate of drug-likeness (QED) is 0.444. The molecule has 1 N–H and O–H groups in total. The summed E-state index contributed by atoms with van der Waals surface area (Å²) in [6.07, 6.45) is 9.26. The van der Waals surface area contributed by atoms with Crippen LogP contribution in [0.2, 0.25) is 0 Å². The van der Waals surface area contributed by atoms with Gasteiger partial charge in [-0.15, -0.1) is 0 Å². The maximum atomic E-state index is 4.64. The van der Waals surface area contributed by atoms with Crippen molar-refractivity contribution in [2.45, 2.75) is 6.54 Å². The fourth-order valence-corrected chi connectivity index (χ4v) is 3.97. The molecule has 6 heteroatoms. The first-order valence-corrected chi connectivity index (χ1v) is 10.2. The van der Waals surface area contributed by atoms with Crippen LogP contribution in [-0.4, -0.2) is 38.5 Å². The molecule has 0 aliphatic rings. The summed E-state index contributed by atoms with van der Waals surface area (Å²) in [5, 5.41) is 4.78.